The number of nitrogens with two attached hydrogens (primary N) is 1. The molecule has 0 aliphatic rings. The first-order chi connectivity index (χ1) is 14.5. The molecule has 20 heteroatoms. The van der Waals surface area contributed by atoms with Gasteiger partial charge in [-0.3, -0.25) is 4.79 Å². The fourth-order valence-corrected chi connectivity index (χ4v) is 0.888. The molecule has 0 aliphatic carbocycles. The van der Waals surface area contributed by atoms with Gasteiger partial charge in [-0.1, -0.05) is 0 Å². The molecule has 227 valence electrons. The topological polar surface area (TPSA) is 238 Å². The Bertz CT molecular complexity index is 688. The Labute approximate surface area is 293 Å². The van der Waals surface area contributed by atoms with Crippen molar-refractivity contribution in [3.8, 4) is 0 Å². The van der Waals surface area contributed by atoms with Gasteiger partial charge in [0.25, 0.3) is 0 Å². The van der Waals surface area contributed by atoms with Crippen molar-refractivity contribution in [2.75, 3.05) is 14.1 Å². The molecule has 0 heterocycles. The third kappa shape index (κ3) is 83.3. The Morgan fingerprint density at radius 2 is 0.816 bits per heavy atom. The minimum atomic E-state index is -2.07. The zero-order valence-electron chi connectivity index (χ0n) is 24.0. The molecule has 0 bridgehead atoms. The van der Waals surface area contributed by atoms with Crippen molar-refractivity contribution in [1.29, 1.82) is 0 Å². The number of ether oxygens (including phenoxy) is 4. The summed E-state index contributed by atoms with van der Waals surface area (Å²) >= 11 is 0. The van der Waals surface area contributed by atoms with Crippen LogP contribution in [0, 0.1) is 7.43 Å². The minimum absolute atomic E-state index is 0. The van der Waals surface area contributed by atoms with Crippen LogP contribution in [0.4, 0.5) is 14.4 Å². The van der Waals surface area contributed by atoms with Crippen molar-refractivity contribution in [3.05, 3.63) is 19.3 Å². The van der Waals surface area contributed by atoms with Gasteiger partial charge in [-0.2, -0.15) is 0 Å². The van der Waals surface area contributed by atoms with Gasteiger partial charge < -0.3 is 64.5 Å². The summed E-state index contributed by atoms with van der Waals surface area (Å²) in [7, 11) is -1.47. The standard InChI is InChI=1S/C10H18O5.C5H11NO2.2CH4NO2S.CH3.H2N.V.2Y/c1-9(2,3)14-7(11)13-8(12)15-10(4,5)6;1-5(2,3)8-4(6)7;2*1-2-5(3)4;;;;;/h1-6H3;1-3H3,(H2,6,7);2*1H3,(H,2,3,4);1H3;1H2;;;/q;;4*-1;;;/p-1. The van der Waals surface area contributed by atoms with Crippen molar-refractivity contribution in [2.45, 2.75) is 79.1 Å². The van der Waals surface area contributed by atoms with Gasteiger partial charge in [0.15, 0.2) is 0 Å². The van der Waals surface area contributed by atoms with Crippen molar-refractivity contribution >= 4 is 40.2 Å². The predicted octanol–water partition coefficient (Wildman–Crippen LogP) is 4.87. The molecule has 0 atom stereocenters. The number of rotatable bonds is 2. The monoisotopic (exact) mass is 782 g/mol. The smallest absolute Gasteiger partial charge is 0.519 e. The molecule has 0 saturated carbocycles. The van der Waals surface area contributed by atoms with E-state index in [-0.39, 0.29) is 97.6 Å². The zero-order valence-corrected chi connectivity index (χ0v) is 32.7. The van der Waals surface area contributed by atoms with Crippen LogP contribution in [0.2, 0.25) is 0 Å². The van der Waals surface area contributed by atoms with E-state index in [4.69, 9.17) is 15.2 Å². The van der Waals surface area contributed by atoms with Gasteiger partial charge in [0.05, 0.1) is 0 Å². The van der Waals surface area contributed by atoms with Crippen molar-refractivity contribution < 1.29 is 134 Å². The third-order valence-electron chi connectivity index (χ3n) is 1.68. The maximum atomic E-state index is 11.0. The summed E-state index contributed by atoms with van der Waals surface area (Å²) in [6.07, 6.45) is -3.09. The second-order valence-electron chi connectivity index (χ2n) is 8.41. The van der Waals surface area contributed by atoms with Gasteiger partial charge in [-0.05, 0) is 98.2 Å². The fourth-order valence-electron chi connectivity index (χ4n) is 0.888. The van der Waals surface area contributed by atoms with E-state index < -0.39 is 57.0 Å². The van der Waals surface area contributed by atoms with E-state index >= 15 is 0 Å². The van der Waals surface area contributed by atoms with Crippen LogP contribution in [0.3, 0.4) is 0 Å². The minimum Gasteiger partial charge on any atom is -0.693 e. The summed E-state index contributed by atoms with van der Waals surface area (Å²) in [6.45, 7) is 15.2. The Morgan fingerprint density at radius 3 is 0.895 bits per heavy atom. The van der Waals surface area contributed by atoms with E-state index in [9.17, 15) is 31.2 Å². The average molecular weight is 782 g/mol. The van der Waals surface area contributed by atoms with Crippen LogP contribution >= 0.6 is 0 Å². The second kappa shape index (κ2) is 32.1. The summed E-state index contributed by atoms with van der Waals surface area (Å²) in [5.41, 5.74) is 4.47. The molecule has 0 unspecified atom stereocenters. The van der Waals surface area contributed by atoms with E-state index in [0.717, 1.165) is 0 Å². The summed E-state index contributed by atoms with van der Waals surface area (Å²) in [5, 5.41) is 0. The molecule has 1 amide bonds. The van der Waals surface area contributed by atoms with Gasteiger partial charge >= 0.3 is 12.3 Å². The van der Waals surface area contributed by atoms with Crippen molar-refractivity contribution in [3.63, 3.8) is 0 Å². The summed E-state index contributed by atoms with van der Waals surface area (Å²) in [5.74, 6) is 0. The van der Waals surface area contributed by atoms with Crippen LogP contribution in [-0.4, -0.2) is 49.3 Å². The second-order valence-corrected chi connectivity index (χ2v) is 10.2. The van der Waals surface area contributed by atoms with Gasteiger partial charge in [0.1, 0.15) is 16.8 Å². The molecular formula is C18H41N4O11S2VY2-5. The normalized spacial score (nSPS) is 9.39. The summed E-state index contributed by atoms with van der Waals surface area (Å²) in [4.78, 5) is 31.9. The predicted molar refractivity (Wildman–Crippen MR) is 131 cm³/mol. The number of hydrogen-bond donors (Lipinski definition) is 2. The molecule has 0 rings (SSSR count). The van der Waals surface area contributed by atoms with Gasteiger partial charge in [0.2, 0.25) is 6.09 Å². The van der Waals surface area contributed by atoms with Crippen molar-refractivity contribution in [2.24, 2.45) is 0 Å². The Kier molecular flexibility index (Phi) is 52.6. The molecule has 0 saturated heterocycles. The van der Waals surface area contributed by atoms with Crippen LogP contribution in [0.25, 0.3) is 11.9 Å². The van der Waals surface area contributed by atoms with Crippen LogP contribution in [-0.2, 0) is 142 Å². The SMILES string of the molecule is CC(C)(C)OC(=O)OC(=O)OC(C)(C)C.CC(C)(C)OC([NH-])=O.CN[S-](=O)=O.CN[S-](=O)=O.[CH3-].[NH2-].[V].[Y].[Y]. The largest absolute Gasteiger partial charge is 0.693 e. The van der Waals surface area contributed by atoms with E-state index in [1.807, 2.05) is 9.44 Å². The molecule has 0 aliphatic heterocycles. The fraction of sp³-hybridized carbons (Fsp3) is 0.778. The molecular weight excluding hydrogens is 741 g/mol. The van der Waals surface area contributed by atoms with Gasteiger partial charge in [-0.15, -0.1) is 0 Å². The van der Waals surface area contributed by atoms with Crippen LogP contribution < -0.4 is 9.44 Å². The average Bonchev–Trinajstić information content (AvgIpc) is 2.50. The zero-order chi connectivity index (χ0) is 27.6. The molecule has 0 aromatic rings. The summed E-state index contributed by atoms with van der Waals surface area (Å²) in [6, 6.07) is 0. The van der Waals surface area contributed by atoms with Gasteiger partial charge in [-0.25, -0.2) is 9.59 Å². The van der Waals surface area contributed by atoms with Crippen molar-refractivity contribution in [1.82, 2.24) is 9.44 Å². The number of nitrogens with one attached hydrogen (secondary N) is 3. The molecule has 0 spiro atoms. The van der Waals surface area contributed by atoms with E-state index in [1.54, 1.807) is 62.3 Å². The number of amides is 1. The van der Waals surface area contributed by atoms with E-state index in [0.29, 0.717) is 0 Å². The van der Waals surface area contributed by atoms with Crippen LogP contribution in [0.15, 0.2) is 0 Å². The van der Waals surface area contributed by atoms with Gasteiger partial charge in [0, 0.05) is 84.0 Å². The Balaban J connectivity index is -0.0000000449. The molecule has 0 fully saturated rings. The van der Waals surface area contributed by atoms with E-state index in [1.165, 1.54) is 14.1 Å². The number of carbonyl (C=O) groups excluding carboxylic acids is 3. The number of hydrogen-bond acceptors (Lipinski definition) is 13. The van der Waals surface area contributed by atoms with E-state index in [2.05, 4.69) is 9.47 Å². The maximum Gasteiger partial charge on any atom is 0.519 e. The molecule has 0 aromatic carbocycles. The molecule has 3 radical (unpaired) electrons. The molecule has 38 heavy (non-hydrogen) atoms. The summed E-state index contributed by atoms with van der Waals surface area (Å²) < 4.78 is 59.2. The van der Waals surface area contributed by atoms with Crippen LogP contribution in [0.1, 0.15) is 62.3 Å². The first-order valence-electron chi connectivity index (χ1n) is 9.07. The number of carbonyl (C=O) groups is 3. The van der Waals surface area contributed by atoms with Crippen LogP contribution in [0.5, 0.6) is 0 Å². The Morgan fingerprint density at radius 1 is 0.632 bits per heavy atom. The Hall–Kier alpha value is 0.582. The first-order valence-corrected chi connectivity index (χ1v) is 11.2. The maximum absolute atomic E-state index is 11.0. The first kappa shape index (κ1) is 62.3. The molecule has 5 N–H and O–H groups in total. The molecule has 15 nitrogen and oxygen atoms in total. The quantitative estimate of drug-likeness (QED) is 0.126. The third-order valence-corrected chi connectivity index (χ3v) is 2.34. The molecule has 0 aromatic heterocycles.